The van der Waals surface area contributed by atoms with E-state index in [4.69, 9.17) is 8.94 Å². The number of nitrogens with one attached hydrogen (secondary N) is 2. The standard InChI is InChI=1S/C21H25N5O3/c27-21(22-14-17(18-9-6-12-28-18)26-10-4-5-11-26)23-15-20-24-19(25-29-20)13-16-7-2-1-3-8-16/h1-3,6-9,12,17H,4-5,10-11,13-15H2,(H2,22,23,27). The van der Waals surface area contributed by atoms with Crippen LogP contribution >= 0.6 is 0 Å². The van der Waals surface area contributed by atoms with E-state index in [1.165, 1.54) is 12.8 Å². The average Bonchev–Trinajstić information content (AvgIpc) is 3.51. The van der Waals surface area contributed by atoms with Gasteiger partial charge in [-0.05, 0) is 43.6 Å². The number of carbonyl (C=O) groups is 1. The number of amides is 2. The Morgan fingerprint density at radius 2 is 1.93 bits per heavy atom. The summed E-state index contributed by atoms with van der Waals surface area (Å²) in [4.78, 5) is 18.9. The lowest BCUT2D eigenvalue weighted by molar-refractivity contribution is 0.202. The van der Waals surface area contributed by atoms with E-state index in [1.807, 2.05) is 42.5 Å². The Labute approximate surface area is 169 Å². The highest BCUT2D eigenvalue weighted by Gasteiger charge is 2.25. The molecule has 2 N–H and O–H groups in total. The molecule has 1 atom stereocenters. The van der Waals surface area contributed by atoms with Gasteiger partial charge in [-0.1, -0.05) is 35.5 Å². The van der Waals surface area contributed by atoms with Crippen LogP contribution in [0.25, 0.3) is 0 Å². The molecule has 1 aliphatic heterocycles. The van der Waals surface area contributed by atoms with E-state index >= 15 is 0 Å². The molecule has 0 aliphatic carbocycles. The Bertz CT molecular complexity index is 888. The van der Waals surface area contributed by atoms with Gasteiger partial charge in [-0.2, -0.15) is 4.98 Å². The molecule has 2 amide bonds. The van der Waals surface area contributed by atoms with Gasteiger partial charge in [0.2, 0.25) is 5.89 Å². The minimum atomic E-state index is -0.274. The summed E-state index contributed by atoms with van der Waals surface area (Å²) in [5, 5.41) is 9.67. The molecule has 29 heavy (non-hydrogen) atoms. The Morgan fingerprint density at radius 1 is 1.10 bits per heavy atom. The lowest BCUT2D eigenvalue weighted by atomic mass is 10.1. The normalized spacial score (nSPS) is 15.3. The number of carbonyl (C=O) groups excluding carboxylic acids is 1. The summed E-state index contributed by atoms with van der Waals surface area (Å²) in [6, 6.07) is 13.5. The highest BCUT2D eigenvalue weighted by atomic mass is 16.5. The molecule has 8 nitrogen and oxygen atoms in total. The van der Waals surface area contributed by atoms with Crippen molar-refractivity contribution in [3.8, 4) is 0 Å². The van der Waals surface area contributed by atoms with Gasteiger partial charge in [0.1, 0.15) is 5.76 Å². The van der Waals surface area contributed by atoms with Gasteiger partial charge in [-0.25, -0.2) is 4.79 Å². The number of aromatic nitrogens is 2. The van der Waals surface area contributed by atoms with E-state index in [0.29, 0.717) is 24.7 Å². The fourth-order valence-electron chi connectivity index (χ4n) is 3.56. The molecule has 0 bridgehead atoms. The largest absolute Gasteiger partial charge is 0.468 e. The van der Waals surface area contributed by atoms with Crippen molar-refractivity contribution in [1.29, 1.82) is 0 Å². The molecule has 1 aliphatic rings. The van der Waals surface area contributed by atoms with Crippen molar-refractivity contribution in [2.45, 2.75) is 31.8 Å². The highest BCUT2D eigenvalue weighted by Crippen LogP contribution is 2.24. The van der Waals surface area contributed by atoms with Gasteiger partial charge in [-0.15, -0.1) is 0 Å². The van der Waals surface area contributed by atoms with Crippen LogP contribution in [0.1, 0.15) is 41.9 Å². The molecule has 4 rings (SSSR count). The molecule has 1 saturated heterocycles. The first-order chi connectivity index (χ1) is 14.3. The van der Waals surface area contributed by atoms with Crippen LogP contribution in [0.15, 0.2) is 57.7 Å². The minimum Gasteiger partial charge on any atom is -0.468 e. The third-order valence-corrected chi connectivity index (χ3v) is 5.02. The topological polar surface area (TPSA) is 96.4 Å². The molecule has 1 unspecified atom stereocenters. The lowest BCUT2D eigenvalue weighted by Gasteiger charge is -2.25. The third kappa shape index (κ3) is 5.23. The maximum Gasteiger partial charge on any atom is 0.315 e. The zero-order valence-electron chi connectivity index (χ0n) is 16.2. The molecule has 152 valence electrons. The van der Waals surface area contributed by atoms with Crippen molar-refractivity contribution < 1.29 is 13.7 Å². The summed E-state index contributed by atoms with van der Waals surface area (Å²) in [5.41, 5.74) is 1.11. The van der Waals surface area contributed by atoms with Crippen LogP contribution in [0.2, 0.25) is 0 Å². The van der Waals surface area contributed by atoms with E-state index < -0.39 is 0 Å². The van der Waals surface area contributed by atoms with Crippen LogP contribution < -0.4 is 10.6 Å². The Morgan fingerprint density at radius 3 is 2.69 bits per heavy atom. The number of rotatable bonds is 8. The number of furan rings is 1. The average molecular weight is 395 g/mol. The van der Waals surface area contributed by atoms with Crippen LogP contribution in [0.3, 0.4) is 0 Å². The van der Waals surface area contributed by atoms with E-state index in [9.17, 15) is 4.79 Å². The maximum absolute atomic E-state index is 12.2. The van der Waals surface area contributed by atoms with Gasteiger partial charge in [0, 0.05) is 13.0 Å². The SMILES string of the molecule is O=C(NCc1nc(Cc2ccccc2)no1)NCC(c1ccco1)N1CCCC1. The van der Waals surface area contributed by atoms with E-state index in [1.54, 1.807) is 6.26 Å². The van der Waals surface area contributed by atoms with Gasteiger partial charge >= 0.3 is 6.03 Å². The molecule has 1 aromatic carbocycles. The number of likely N-dealkylation sites (tertiary alicyclic amines) is 1. The number of urea groups is 1. The zero-order valence-corrected chi connectivity index (χ0v) is 16.2. The van der Waals surface area contributed by atoms with Gasteiger partial charge in [0.05, 0.1) is 18.8 Å². The molecule has 2 aromatic heterocycles. The van der Waals surface area contributed by atoms with Crippen LogP contribution in [0, 0.1) is 0 Å². The van der Waals surface area contributed by atoms with Crippen LogP contribution in [0.4, 0.5) is 4.79 Å². The molecule has 3 aromatic rings. The Kier molecular flexibility index (Phi) is 6.21. The fraction of sp³-hybridized carbons (Fsp3) is 0.381. The number of benzene rings is 1. The van der Waals surface area contributed by atoms with Gasteiger partial charge in [0.15, 0.2) is 5.82 Å². The quantitative estimate of drug-likeness (QED) is 0.609. The Balaban J connectivity index is 1.25. The Hall–Kier alpha value is -3.13. The van der Waals surface area contributed by atoms with Crippen molar-refractivity contribution >= 4 is 6.03 Å². The predicted molar refractivity (Wildman–Crippen MR) is 106 cm³/mol. The summed E-state index contributed by atoms with van der Waals surface area (Å²) >= 11 is 0. The third-order valence-electron chi connectivity index (χ3n) is 5.02. The molecule has 0 saturated carbocycles. The van der Waals surface area contributed by atoms with Crippen LogP contribution in [-0.4, -0.2) is 40.7 Å². The second kappa shape index (κ2) is 9.38. The van der Waals surface area contributed by atoms with Crippen molar-refractivity contribution in [3.63, 3.8) is 0 Å². The molecule has 1 fully saturated rings. The predicted octanol–water partition coefficient (Wildman–Crippen LogP) is 2.89. The van der Waals surface area contributed by atoms with E-state index in [0.717, 1.165) is 24.4 Å². The second-order valence-corrected chi connectivity index (χ2v) is 7.10. The van der Waals surface area contributed by atoms with Crippen LogP contribution in [0.5, 0.6) is 0 Å². The summed E-state index contributed by atoms with van der Waals surface area (Å²) < 4.78 is 10.8. The van der Waals surface area contributed by atoms with Crippen molar-refractivity contribution in [2.24, 2.45) is 0 Å². The van der Waals surface area contributed by atoms with Gasteiger partial charge in [-0.3, -0.25) is 4.90 Å². The van der Waals surface area contributed by atoms with E-state index in [2.05, 4.69) is 25.7 Å². The maximum atomic E-state index is 12.2. The van der Waals surface area contributed by atoms with Crippen LogP contribution in [-0.2, 0) is 13.0 Å². The van der Waals surface area contributed by atoms with Gasteiger partial charge < -0.3 is 19.6 Å². The van der Waals surface area contributed by atoms with Crippen molar-refractivity contribution in [2.75, 3.05) is 19.6 Å². The first-order valence-corrected chi connectivity index (χ1v) is 9.92. The van der Waals surface area contributed by atoms with E-state index in [-0.39, 0.29) is 18.6 Å². The molecule has 8 heteroatoms. The second-order valence-electron chi connectivity index (χ2n) is 7.10. The molecular formula is C21H25N5O3. The molecule has 3 heterocycles. The number of nitrogens with zero attached hydrogens (tertiary/aromatic N) is 3. The summed E-state index contributed by atoms with van der Waals surface area (Å²) in [6.45, 7) is 2.69. The summed E-state index contributed by atoms with van der Waals surface area (Å²) in [6.07, 6.45) is 4.61. The first kappa shape index (κ1) is 19.2. The minimum absolute atomic E-state index is 0.0409. The molecule has 0 spiro atoms. The monoisotopic (exact) mass is 395 g/mol. The number of hydrogen-bond donors (Lipinski definition) is 2. The fourth-order valence-corrected chi connectivity index (χ4v) is 3.56. The summed E-state index contributed by atoms with van der Waals surface area (Å²) in [5.74, 6) is 1.85. The highest BCUT2D eigenvalue weighted by molar-refractivity contribution is 5.73. The smallest absolute Gasteiger partial charge is 0.315 e. The molecular weight excluding hydrogens is 370 g/mol. The lowest BCUT2D eigenvalue weighted by Crippen LogP contribution is -2.41. The summed E-state index contributed by atoms with van der Waals surface area (Å²) in [7, 11) is 0. The molecule has 0 radical (unpaired) electrons. The zero-order chi connectivity index (χ0) is 19.9. The van der Waals surface area contributed by atoms with Gasteiger partial charge in [0.25, 0.3) is 0 Å². The van der Waals surface area contributed by atoms with Crippen molar-refractivity contribution in [3.05, 3.63) is 71.8 Å². The first-order valence-electron chi connectivity index (χ1n) is 9.92. The number of hydrogen-bond acceptors (Lipinski definition) is 6. The van der Waals surface area contributed by atoms with Crippen molar-refractivity contribution in [1.82, 2.24) is 25.7 Å².